The van der Waals surface area contributed by atoms with Gasteiger partial charge < -0.3 is 4.74 Å². The average molecular weight is 228 g/mol. The van der Waals surface area contributed by atoms with E-state index in [4.69, 9.17) is 4.74 Å². The molecule has 1 nitrogen and oxygen atoms in total. The van der Waals surface area contributed by atoms with E-state index >= 15 is 0 Å². The van der Waals surface area contributed by atoms with Gasteiger partial charge in [-0.05, 0) is 24.8 Å². The average Bonchev–Trinajstić information content (AvgIpc) is 2.41. The zero-order chi connectivity index (χ0) is 11.6. The Labute approximate surface area is 103 Å². The van der Waals surface area contributed by atoms with Crippen molar-refractivity contribution in [3.05, 3.63) is 48.0 Å². The van der Waals surface area contributed by atoms with Gasteiger partial charge >= 0.3 is 0 Å². The Morgan fingerprint density at radius 2 is 2.00 bits per heavy atom. The normalized spacial score (nSPS) is 32.8. The zero-order valence-corrected chi connectivity index (χ0v) is 10.3. The molecule has 1 aliphatic carbocycles. The molecule has 0 N–H and O–H groups in total. The van der Waals surface area contributed by atoms with Crippen molar-refractivity contribution in [3.63, 3.8) is 0 Å². The maximum atomic E-state index is 6.19. The molecule has 0 aromatic heterocycles. The molecule has 1 heterocycles. The van der Waals surface area contributed by atoms with E-state index in [2.05, 4.69) is 42.5 Å². The Bertz CT molecular complexity index is 395. The van der Waals surface area contributed by atoms with Gasteiger partial charge in [-0.2, -0.15) is 0 Å². The smallest absolute Gasteiger partial charge is 0.0930 e. The fourth-order valence-electron chi connectivity index (χ4n) is 3.32. The first-order valence-electron chi connectivity index (χ1n) is 6.77. The van der Waals surface area contributed by atoms with Crippen LogP contribution in [0.5, 0.6) is 0 Å². The van der Waals surface area contributed by atoms with Crippen LogP contribution in [0.1, 0.15) is 43.6 Å². The highest BCUT2D eigenvalue weighted by Crippen LogP contribution is 2.45. The van der Waals surface area contributed by atoms with Crippen LogP contribution in [0.25, 0.3) is 0 Å². The minimum absolute atomic E-state index is 0.00213. The summed E-state index contributed by atoms with van der Waals surface area (Å²) in [5, 5.41) is 0. The molecule has 0 bridgehead atoms. The van der Waals surface area contributed by atoms with Gasteiger partial charge in [-0.1, -0.05) is 55.3 Å². The molecule has 1 aliphatic heterocycles. The van der Waals surface area contributed by atoms with Crippen LogP contribution in [0, 0.1) is 0 Å². The van der Waals surface area contributed by atoms with Gasteiger partial charge in [0.1, 0.15) is 0 Å². The minimum atomic E-state index is -0.00213. The second kappa shape index (κ2) is 4.66. The second-order valence-corrected chi connectivity index (χ2v) is 5.20. The van der Waals surface area contributed by atoms with Crippen LogP contribution in [-0.2, 0) is 4.74 Å². The summed E-state index contributed by atoms with van der Waals surface area (Å²) in [6, 6.07) is 10.9. The first-order valence-corrected chi connectivity index (χ1v) is 6.77. The molecule has 0 saturated heterocycles. The largest absolute Gasteiger partial charge is 0.370 e. The molecule has 1 aromatic rings. The van der Waals surface area contributed by atoms with Gasteiger partial charge in [0.2, 0.25) is 0 Å². The van der Waals surface area contributed by atoms with Crippen LogP contribution in [0.2, 0.25) is 0 Å². The van der Waals surface area contributed by atoms with Crippen LogP contribution in [-0.4, -0.2) is 12.2 Å². The maximum absolute atomic E-state index is 6.19. The second-order valence-electron chi connectivity index (χ2n) is 5.20. The van der Waals surface area contributed by atoms with Gasteiger partial charge in [-0.25, -0.2) is 0 Å². The fourth-order valence-corrected chi connectivity index (χ4v) is 3.32. The first kappa shape index (κ1) is 11.0. The molecular formula is C16H20O. The number of benzene rings is 1. The van der Waals surface area contributed by atoms with Gasteiger partial charge in [0, 0.05) is 5.92 Å². The van der Waals surface area contributed by atoms with Gasteiger partial charge in [-0.3, -0.25) is 0 Å². The van der Waals surface area contributed by atoms with Crippen molar-refractivity contribution in [1.82, 2.24) is 0 Å². The summed E-state index contributed by atoms with van der Waals surface area (Å²) in [5.41, 5.74) is 1.44. The predicted octanol–water partition coefficient (Wildman–Crippen LogP) is 4.06. The molecule has 1 saturated carbocycles. The van der Waals surface area contributed by atoms with Gasteiger partial charge in [0.25, 0.3) is 0 Å². The molecule has 0 unspecified atom stereocenters. The monoisotopic (exact) mass is 228 g/mol. The van der Waals surface area contributed by atoms with Crippen LogP contribution >= 0.6 is 0 Å². The molecule has 3 rings (SSSR count). The zero-order valence-electron chi connectivity index (χ0n) is 10.3. The quantitative estimate of drug-likeness (QED) is 0.659. The van der Waals surface area contributed by atoms with Crippen LogP contribution in [0.4, 0.5) is 0 Å². The third-order valence-corrected chi connectivity index (χ3v) is 4.16. The number of rotatable bonds is 1. The van der Waals surface area contributed by atoms with Gasteiger partial charge in [0.05, 0.1) is 12.2 Å². The lowest BCUT2D eigenvalue weighted by molar-refractivity contribution is -0.0542. The Morgan fingerprint density at radius 3 is 2.76 bits per heavy atom. The topological polar surface area (TPSA) is 9.23 Å². The van der Waals surface area contributed by atoms with E-state index in [1.165, 1.54) is 31.2 Å². The summed E-state index contributed by atoms with van der Waals surface area (Å²) in [6.45, 7) is 0.889. The third-order valence-electron chi connectivity index (χ3n) is 4.16. The Kier molecular flexibility index (Phi) is 3.02. The van der Waals surface area contributed by atoms with Crippen molar-refractivity contribution in [3.8, 4) is 0 Å². The molecule has 1 spiro atoms. The minimum Gasteiger partial charge on any atom is -0.370 e. The van der Waals surface area contributed by atoms with Crippen LogP contribution in [0.3, 0.4) is 0 Å². The van der Waals surface area contributed by atoms with Crippen molar-refractivity contribution < 1.29 is 4.74 Å². The van der Waals surface area contributed by atoms with Gasteiger partial charge in [0.15, 0.2) is 0 Å². The van der Waals surface area contributed by atoms with Crippen molar-refractivity contribution in [2.75, 3.05) is 6.61 Å². The highest BCUT2D eigenvalue weighted by molar-refractivity contribution is 5.28. The molecule has 90 valence electrons. The number of ether oxygens (including phenoxy) is 1. The lowest BCUT2D eigenvalue weighted by Gasteiger charge is -2.44. The Hall–Kier alpha value is -1.08. The Morgan fingerprint density at radius 1 is 1.12 bits per heavy atom. The van der Waals surface area contributed by atoms with Gasteiger partial charge in [-0.15, -0.1) is 0 Å². The SMILES string of the molecule is C1=C[C@]2(CCCC[C@@H]2c2ccccc2)OCC1. The highest BCUT2D eigenvalue weighted by Gasteiger charge is 2.41. The molecule has 1 aromatic carbocycles. The maximum Gasteiger partial charge on any atom is 0.0930 e. The van der Waals surface area contributed by atoms with Crippen LogP contribution in [0.15, 0.2) is 42.5 Å². The predicted molar refractivity (Wildman–Crippen MR) is 70.1 cm³/mol. The molecule has 2 atom stereocenters. The third kappa shape index (κ3) is 2.04. The van der Waals surface area contributed by atoms with Crippen molar-refractivity contribution in [2.45, 2.75) is 43.6 Å². The number of hydrogen-bond donors (Lipinski definition) is 0. The summed E-state index contributed by atoms with van der Waals surface area (Å²) in [4.78, 5) is 0. The first-order chi connectivity index (χ1) is 8.41. The van der Waals surface area contributed by atoms with E-state index < -0.39 is 0 Å². The van der Waals surface area contributed by atoms with E-state index in [1.807, 2.05) is 0 Å². The van der Waals surface area contributed by atoms with Crippen molar-refractivity contribution >= 4 is 0 Å². The highest BCUT2D eigenvalue weighted by atomic mass is 16.5. The Balaban J connectivity index is 1.95. The van der Waals surface area contributed by atoms with E-state index in [0.717, 1.165) is 13.0 Å². The lowest BCUT2D eigenvalue weighted by Crippen LogP contribution is -2.41. The summed E-state index contributed by atoms with van der Waals surface area (Å²) >= 11 is 0. The van der Waals surface area contributed by atoms with E-state index in [-0.39, 0.29) is 5.60 Å². The number of hydrogen-bond acceptors (Lipinski definition) is 1. The molecule has 17 heavy (non-hydrogen) atoms. The lowest BCUT2D eigenvalue weighted by atomic mass is 9.71. The summed E-state index contributed by atoms with van der Waals surface area (Å²) < 4.78 is 6.19. The molecule has 1 heteroatoms. The molecule has 0 radical (unpaired) electrons. The van der Waals surface area contributed by atoms with Crippen LogP contribution < -0.4 is 0 Å². The molecule has 1 fully saturated rings. The van der Waals surface area contributed by atoms with E-state index in [1.54, 1.807) is 0 Å². The fraction of sp³-hybridized carbons (Fsp3) is 0.500. The van der Waals surface area contributed by atoms with E-state index in [0.29, 0.717) is 5.92 Å². The van der Waals surface area contributed by atoms with Crippen molar-refractivity contribution in [1.29, 1.82) is 0 Å². The summed E-state index contributed by atoms with van der Waals surface area (Å²) in [5.74, 6) is 0.550. The summed E-state index contributed by atoms with van der Waals surface area (Å²) in [6.07, 6.45) is 10.8. The standard InChI is InChI=1S/C16H20O/c1-2-8-14(9-3-1)15-10-4-5-11-16(15)12-6-7-13-17-16/h1-3,6,8-9,12,15H,4-5,7,10-11,13H2/t15-,16+/m1/s1. The molecular weight excluding hydrogens is 208 g/mol. The molecule has 2 aliphatic rings. The molecule has 0 amide bonds. The van der Waals surface area contributed by atoms with E-state index in [9.17, 15) is 0 Å². The summed E-state index contributed by atoms with van der Waals surface area (Å²) in [7, 11) is 0. The van der Waals surface area contributed by atoms with Crippen molar-refractivity contribution in [2.24, 2.45) is 0 Å².